The van der Waals surface area contributed by atoms with Crippen molar-refractivity contribution in [1.82, 2.24) is 4.31 Å². The Labute approximate surface area is 81.0 Å². The van der Waals surface area contributed by atoms with Crippen LogP contribution in [-0.4, -0.2) is 22.6 Å². The van der Waals surface area contributed by atoms with Crippen molar-refractivity contribution < 1.29 is 0 Å². The van der Waals surface area contributed by atoms with Crippen LogP contribution >= 0.6 is 11.9 Å². The van der Waals surface area contributed by atoms with Crippen LogP contribution in [0, 0.1) is 5.92 Å². The SMILES string of the molecule is CCC1CCN(SC(C)C)CC1. The third kappa shape index (κ3) is 3.36. The highest BCUT2D eigenvalue weighted by atomic mass is 32.2. The zero-order valence-corrected chi connectivity index (χ0v) is 9.36. The van der Waals surface area contributed by atoms with E-state index in [-0.39, 0.29) is 0 Å². The minimum atomic E-state index is 0.753. The number of hydrogen-bond donors (Lipinski definition) is 0. The van der Waals surface area contributed by atoms with Crippen molar-refractivity contribution in [1.29, 1.82) is 0 Å². The first-order valence-corrected chi connectivity index (χ1v) is 5.97. The van der Waals surface area contributed by atoms with E-state index in [9.17, 15) is 0 Å². The van der Waals surface area contributed by atoms with Gasteiger partial charge in [-0.1, -0.05) is 39.1 Å². The van der Waals surface area contributed by atoms with Gasteiger partial charge in [0.1, 0.15) is 0 Å². The van der Waals surface area contributed by atoms with E-state index in [1.807, 2.05) is 11.9 Å². The zero-order chi connectivity index (χ0) is 8.97. The maximum Gasteiger partial charge on any atom is 0.0138 e. The molecule has 12 heavy (non-hydrogen) atoms. The van der Waals surface area contributed by atoms with Gasteiger partial charge in [-0.3, -0.25) is 4.31 Å². The van der Waals surface area contributed by atoms with Gasteiger partial charge in [0.15, 0.2) is 0 Å². The van der Waals surface area contributed by atoms with E-state index in [0.29, 0.717) is 0 Å². The quantitative estimate of drug-likeness (QED) is 0.624. The number of hydrogen-bond acceptors (Lipinski definition) is 2. The summed E-state index contributed by atoms with van der Waals surface area (Å²) in [5.41, 5.74) is 0. The standard InChI is InChI=1S/C10H21NS/c1-4-10-5-7-11(8-6-10)12-9(2)3/h9-10H,4-8H2,1-3H3. The molecule has 0 atom stereocenters. The monoisotopic (exact) mass is 187 g/mol. The fourth-order valence-corrected chi connectivity index (χ4v) is 2.74. The van der Waals surface area contributed by atoms with Gasteiger partial charge in [0.05, 0.1) is 0 Å². The second-order valence-electron chi connectivity index (χ2n) is 3.93. The second-order valence-corrected chi connectivity index (χ2v) is 5.60. The number of nitrogens with zero attached hydrogens (tertiary/aromatic N) is 1. The Morgan fingerprint density at radius 2 is 1.92 bits per heavy atom. The molecule has 0 amide bonds. The molecule has 1 aliphatic heterocycles. The summed E-state index contributed by atoms with van der Waals surface area (Å²) in [5, 5.41) is 0.753. The first-order chi connectivity index (χ1) is 5.72. The van der Waals surface area contributed by atoms with Gasteiger partial charge in [0.2, 0.25) is 0 Å². The Morgan fingerprint density at radius 3 is 2.33 bits per heavy atom. The summed E-state index contributed by atoms with van der Waals surface area (Å²) in [6.07, 6.45) is 4.20. The molecule has 0 N–H and O–H groups in total. The lowest BCUT2D eigenvalue weighted by Gasteiger charge is -2.31. The lowest BCUT2D eigenvalue weighted by Crippen LogP contribution is -2.29. The highest BCUT2D eigenvalue weighted by Crippen LogP contribution is 2.26. The van der Waals surface area contributed by atoms with Crippen LogP contribution in [0.15, 0.2) is 0 Å². The van der Waals surface area contributed by atoms with Crippen LogP contribution in [0.2, 0.25) is 0 Å². The van der Waals surface area contributed by atoms with Crippen LogP contribution in [-0.2, 0) is 0 Å². The van der Waals surface area contributed by atoms with Gasteiger partial charge in [-0.15, -0.1) is 0 Å². The molecule has 1 aliphatic rings. The molecule has 1 fully saturated rings. The van der Waals surface area contributed by atoms with E-state index >= 15 is 0 Å². The third-order valence-electron chi connectivity index (χ3n) is 2.51. The van der Waals surface area contributed by atoms with Gasteiger partial charge < -0.3 is 0 Å². The summed E-state index contributed by atoms with van der Waals surface area (Å²) in [6, 6.07) is 0. The fraction of sp³-hybridized carbons (Fsp3) is 1.00. The van der Waals surface area contributed by atoms with Crippen molar-refractivity contribution in [2.24, 2.45) is 5.92 Å². The third-order valence-corrected chi connectivity index (χ3v) is 3.60. The van der Waals surface area contributed by atoms with Gasteiger partial charge in [0.25, 0.3) is 0 Å². The molecule has 2 heteroatoms. The summed E-state index contributed by atoms with van der Waals surface area (Å²) in [7, 11) is 0. The van der Waals surface area contributed by atoms with E-state index in [0.717, 1.165) is 11.2 Å². The molecule has 0 unspecified atom stereocenters. The molecule has 0 aromatic heterocycles. The van der Waals surface area contributed by atoms with Gasteiger partial charge in [0, 0.05) is 18.3 Å². The van der Waals surface area contributed by atoms with E-state index in [1.165, 1.54) is 32.4 Å². The minimum absolute atomic E-state index is 0.753. The van der Waals surface area contributed by atoms with Gasteiger partial charge >= 0.3 is 0 Å². The summed E-state index contributed by atoms with van der Waals surface area (Å²) in [6.45, 7) is 9.48. The Bertz CT molecular complexity index is 117. The van der Waals surface area contributed by atoms with Crippen molar-refractivity contribution in [2.75, 3.05) is 13.1 Å². The van der Waals surface area contributed by atoms with Gasteiger partial charge in [-0.2, -0.15) is 0 Å². The molecule has 1 rings (SSSR count). The molecule has 0 bridgehead atoms. The smallest absolute Gasteiger partial charge is 0.0138 e. The Hall–Kier alpha value is 0.310. The first kappa shape index (κ1) is 10.4. The Morgan fingerprint density at radius 1 is 1.33 bits per heavy atom. The van der Waals surface area contributed by atoms with Crippen molar-refractivity contribution in [3.8, 4) is 0 Å². The molecular weight excluding hydrogens is 166 g/mol. The second kappa shape index (κ2) is 5.13. The van der Waals surface area contributed by atoms with Crippen LogP contribution in [0.1, 0.15) is 40.0 Å². The molecule has 0 radical (unpaired) electrons. The zero-order valence-electron chi connectivity index (χ0n) is 8.55. The van der Waals surface area contributed by atoms with Crippen molar-refractivity contribution >= 4 is 11.9 Å². The predicted molar refractivity (Wildman–Crippen MR) is 57.3 cm³/mol. The Kier molecular flexibility index (Phi) is 4.44. The molecule has 0 aromatic rings. The topological polar surface area (TPSA) is 3.24 Å². The highest BCUT2D eigenvalue weighted by Gasteiger charge is 2.18. The summed E-state index contributed by atoms with van der Waals surface area (Å²) in [4.78, 5) is 0. The molecule has 0 spiro atoms. The molecule has 0 aromatic carbocycles. The first-order valence-electron chi connectivity index (χ1n) is 5.14. The van der Waals surface area contributed by atoms with Crippen molar-refractivity contribution in [3.63, 3.8) is 0 Å². The molecule has 1 heterocycles. The van der Waals surface area contributed by atoms with Gasteiger partial charge in [-0.25, -0.2) is 0 Å². The van der Waals surface area contributed by atoms with E-state index in [1.54, 1.807) is 0 Å². The normalized spacial score (nSPS) is 22.0. The van der Waals surface area contributed by atoms with Gasteiger partial charge in [-0.05, 0) is 18.8 Å². The average molecular weight is 187 g/mol. The molecule has 1 nitrogen and oxygen atoms in total. The lowest BCUT2D eigenvalue weighted by molar-refractivity contribution is 0.285. The average Bonchev–Trinajstić information content (AvgIpc) is 2.05. The van der Waals surface area contributed by atoms with Crippen LogP contribution < -0.4 is 0 Å². The van der Waals surface area contributed by atoms with E-state index in [4.69, 9.17) is 0 Å². The maximum absolute atomic E-state index is 2.54. The van der Waals surface area contributed by atoms with E-state index in [2.05, 4.69) is 25.1 Å². The molecular formula is C10H21NS. The predicted octanol–water partition coefficient (Wildman–Crippen LogP) is 3.17. The molecule has 1 saturated heterocycles. The van der Waals surface area contributed by atoms with Crippen LogP contribution in [0.3, 0.4) is 0 Å². The maximum atomic E-state index is 2.54. The van der Waals surface area contributed by atoms with Crippen LogP contribution in [0.5, 0.6) is 0 Å². The number of rotatable bonds is 3. The van der Waals surface area contributed by atoms with Crippen molar-refractivity contribution in [3.05, 3.63) is 0 Å². The lowest BCUT2D eigenvalue weighted by atomic mass is 9.96. The summed E-state index contributed by atoms with van der Waals surface area (Å²) in [5.74, 6) is 1.01. The summed E-state index contributed by atoms with van der Waals surface area (Å²) >= 11 is 2.02. The summed E-state index contributed by atoms with van der Waals surface area (Å²) < 4.78 is 2.54. The molecule has 0 saturated carbocycles. The van der Waals surface area contributed by atoms with Crippen LogP contribution in [0.25, 0.3) is 0 Å². The minimum Gasteiger partial charge on any atom is -0.250 e. The Balaban J connectivity index is 2.17. The number of piperidine rings is 1. The van der Waals surface area contributed by atoms with E-state index < -0.39 is 0 Å². The van der Waals surface area contributed by atoms with Crippen LogP contribution in [0.4, 0.5) is 0 Å². The fourth-order valence-electron chi connectivity index (χ4n) is 1.72. The highest BCUT2D eigenvalue weighted by molar-refractivity contribution is 7.97. The largest absolute Gasteiger partial charge is 0.250 e. The molecule has 0 aliphatic carbocycles. The van der Waals surface area contributed by atoms with Crippen molar-refractivity contribution in [2.45, 2.75) is 45.3 Å². The molecule has 72 valence electrons.